The van der Waals surface area contributed by atoms with Crippen LogP contribution in [0.15, 0.2) is 18.2 Å². The van der Waals surface area contributed by atoms with Crippen molar-refractivity contribution in [3.8, 4) is 5.75 Å². The summed E-state index contributed by atoms with van der Waals surface area (Å²) in [4.78, 5) is 0.511. The van der Waals surface area contributed by atoms with Crippen LogP contribution in [-0.4, -0.2) is 6.61 Å². The Labute approximate surface area is 112 Å². The molecule has 1 atom stereocenters. The first kappa shape index (κ1) is 11.6. The van der Waals surface area contributed by atoms with Gasteiger partial charge in [-0.25, -0.2) is 0 Å². The van der Waals surface area contributed by atoms with Crippen LogP contribution in [0.3, 0.4) is 0 Å². The zero-order chi connectivity index (χ0) is 12.0. The Kier molecular flexibility index (Phi) is 2.73. The summed E-state index contributed by atoms with van der Waals surface area (Å²) in [5.74, 6) is 2.03. The van der Waals surface area contributed by atoms with Crippen molar-refractivity contribution < 1.29 is 4.74 Å². The van der Waals surface area contributed by atoms with Gasteiger partial charge >= 0.3 is 0 Å². The Hall–Kier alpha value is -0.500. The number of rotatable bonds is 3. The third kappa shape index (κ3) is 2.24. The van der Waals surface area contributed by atoms with Gasteiger partial charge in [0.2, 0.25) is 0 Å². The minimum absolute atomic E-state index is 0.164. The van der Waals surface area contributed by atoms with Crippen LogP contribution in [0.4, 0.5) is 0 Å². The minimum Gasteiger partial charge on any atom is -0.492 e. The molecule has 1 saturated carbocycles. The average molecular weight is 295 g/mol. The number of fused-ring (bicyclic) bond motifs is 1. The summed E-state index contributed by atoms with van der Waals surface area (Å²) >= 11 is 3.83. The van der Waals surface area contributed by atoms with Crippen molar-refractivity contribution >= 4 is 15.9 Å². The largest absolute Gasteiger partial charge is 0.492 e. The fraction of sp³-hybridized carbons (Fsp3) is 0.600. The Morgan fingerprint density at radius 1 is 1.41 bits per heavy atom. The molecule has 2 aliphatic rings. The second-order valence-corrected chi connectivity index (χ2v) is 7.18. The van der Waals surface area contributed by atoms with E-state index in [1.807, 2.05) is 0 Å². The number of alkyl halides is 1. The number of benzene rings is 1. The fourth-order valence-corrected chi connectivity index (χ4v) is 3.33. The van der Waals surface area contributed by atoms with Gasteiger partial charge in [0.25, 0.3) is 0 Å². The normalized spacial score (nSPS) is 23.0. The Morgan fingerprint density at radius 3 is 2.88 bits per heavy atom. The van der Waals surface area contributed by atoms with Gasteiger partial charge < -0.3 is 4.74 Å². The Morgan fingerprint density at radius 2 is 2.18 bits per heavy atom. The molecular weight excluding hydrogens is 276 g/mol. The predicted molar refractivity (Wildman–Crippen MR) is 74.0 cm³/mol. The smallest absolute Gasteiger partial charge is 0.123 e. The molecule has 1 aromatic rings. The van der Waals surface area contributed by atoms with E-state index in [0.29, 0.717) is 4.83 Å². The van der Waals surface area contributed by atoms with E-state index < -0.39 is 0 Å². The molecule has 1 fully saturated rings. The van der Waals surface area contributed by atoms with Crippen molar-refractivity contribution in [2.45, 2.75) is 43.4 Å². The van der Waals surface area contributed by atoms with Crippen molar-refractivity contribution in [1.29, 1.82) is 0 Å². The molecule has 0 amide bonds. The van der Waals surface area contributed by atoms with Crippen molar-refractivity contribution in [1.82, 2.24) is 0 Å². The van der Waals surface area contributed by atoms with Crippen molar-refractivity contribution in [2.75, 3.05) is 6.61 Å². The van der Waals surface area contributed by atoms with E-state index >= 15 is 0 Å². The highest BCUT2D eigenvalue weighted by Gasteiger charge is 2.32. The van der Waals surface area contributed by atoms with E-state index in [2.05, 4.69) is 48.0 Å². The summed E-state index contributed by atoms with van der Waals surface area (Å²) in [5.41, 5.74) is 2.95. The molecule has 0 aromatic heterocycles. The highest BCUT2D eigenvalue weighted by Crippen LogP contribution is 2.44. The van der Waals surface area contributed by atoms with E-state index in [1.54, 1.807) is 0 Å². The van der Waals surface area contributed by atoms with E-state index in [-0.39, 0.29) is 5.41 Å². The number of hydrogen-bond donors (Lipinski definition) is 0. The topological polar surface area (TPSA) is 9.23 Å². The monoisotopic (exact) mass is 294 g/mol. The van der Waals surface area contributed by atoms with Gasteiger partial charge in [0.05, 0.1) is 6.61 Å². The third-order valence-corrected chi connectivity index (χ3v) is 4.82. The average Bonchev–Trinajstić information content (AvgIpc) is 3.05. The molecule has 1 heterocycles. The van der Waals surface area contributed by atoms with Crippen LogP contribution >= 0.6 is 15.9 Å². The zero-order valence-electron chi connectivity index (χ0n) is 10.5. The van der Waals surface area contributed by atoms with Crippen LogP contribution in [0.25, 0.3) is 0 Å². The number of halogens is 1. The molecule has 1 aliphatic heterocycles. The van der Waals surface area contributed by atoms with Crippen LogP contribution in [-0.2, 0) is 5.41 Å². The highest BCUT2D eigenvalue weighted by molar-refractivity contribution is 9.09. The summed E-state index contributed by atoms with van der Waals surface area (Å²) in [6, 6.07) is 6.69. The number of ether oxygens (including phenoxy) is 1. The van der Waals surface area contributed by atoms with Gasteiger partial charge in [-0.15, -0.1) is 0 Å². The molecule has 3 rings (SSSR count). The second kappa shape index (κ2) is 4.01. The van der Waals surface area contributed by atoms with Gasteiger partial charge in [0.15, 0.2) is 0 Å². The van der Waals surface area contributed by atoms with Crippen LogP contribution in [0, 0.1) is 5.92 Å². The highest BCUT2D eigenvalue weighted by atomic mass is 79.9. The summed E-state index contributed by atoms with van der Waals surface area (Å²) < 4.78 is 5.73. The fourth-order valence-electron chi connectivity index (χ4n) is 2.52. The zero-order valence-corrected chi connectivity index (χ0v) is 12.1. The van der Waals surface area contributed by atoms with E-state index in [1.165, 1.54) is 30.4 Å². The molecule has 0 bridgehead atoms. The van der Waals surface area contributed by atoms with E-state index in [4.69, 9.17) is 4.74 Å². The van der Waals surface area contributed by atoms with Crippen LogP contribution in [0.1, 0.15) is 49.1 Å². The minimum atomic E-state index is 0.164. The maximum atomic E-state index is 5.73. The van der Waals surface area contributed by atoms with Gasteiger partial charge in [-0.1, -0.05) is 54.8 Å². The van der Waals surface area contributed by atoms with E-state index in [0.717, 1.165) is 18.3 Å². The predicted octanol–water partition coefficient (Wildman–Crippen LogP) is 4.59. The molecule has 17 heavy (non-hydrogen) atoms. The second-order valence-electron chi connectivity index (χ2n) is 6.07. The molecule has 1 unspecified atom stereocenters. The lowest BCUT2D eigenvalue weighted by molar-refractivity contribution is 0.291. The Balaban J connectivity index is 1.86. The van der Waals surface area contributed by atoms with Gasteiger partial charge in [0, 0.05) is 15.8 Å². The van der Waals surface area contributed by atoms with E-state index in [9.17, 15) is 0 Å². The molecule has 1 aliphatic carbocycles. The van der Waals surface area contributed by atoms with Crippen molar-refractivity contribution in [2.24, 2.45) is 5.92 Å². The van der Waals surface area contributed by atoms with Crippen molar-refractivity contribution in [3.63, 3.8) is 0 Å². The van der Waals surface area contributed by atoms with Gasteiger partial charge in [0.1, 0.15) is 5.75 Å². The molecule has 1 nitrogen and oxygen atoms in total. The van der Waals surface area contributed by atoms with Gasteiger partial charge in [-0.3, -0.25) is 0 Å². The Bertz CT molecular complexity index is 435. The lowest BCUT2D eigenvalue weighted by atomic mass is 9.85. The molecule has 92 valence electrons. The quantitative estimate of drug-likeness (QED) is 0.741. The van der Waals surface area contributed by atoms with Crippen LogP contribution in [0.2, 0.25) is 0 Å². The SMILES string of the molecule is CC1(C)COc2ccc(C(Br)CC3CC3)cc21. The molecule has 0 radical (unpaired) electrons. The first-order valence-electron chi connectivity index (χ1n) is 6.47. The standard InChI is InChI=1S/C15H19BrO/c1-15(2)9-17-14-6-5-11(8-12(14)15)13(16)7-10-3-4-10/h5-6,8,10,13H,3-4,7,9H2,1-2H3. The maximum Gasteiger partial charge on any atom is 0.123 e. The van der Waals surface area contributed by atoms with Gasteiger partial charge in [-0.2, -0.15) is 0 Å². The molecule has 0 saturated heterocycles. The summed E-state index contributed by atoms with van der Waals surface area (Å²) in [6.45, 7) is 5.32. The molecule has 2 heteroatoms. The molecule has 1 aromatic carbocycles. The first-order valence-corrected chi connectivity index (χ1v) is 7.39. The van der Waals surface area contributed by atoms with Crippen molar-refractivity contribution in [3.05, 3.63) is 29.3 Å². The lowest BCUT2D eigenvalue weighted by Gasteiger charge is -2.17. The molecular formula is C15H19BrO. The lowest BCUT2D eigenvalue weighted by Crippen LogP contribution is -2.18. The first-order chi connectivity index (χ1) is 8.06. The molecule has 0 N–H and O–H groups in total. The summed E-state index contributed by atoms with van der Waals surface area (Å²) in [6.07, 6.45) is 4.11. The van der Waals surface area contributed by atoms with Gasteiger partial charge in [-0.05, 0) is 24.0 Å². The summed E-state index contributed by atoms with van der Waals surface area (Å²) in [5, 5.41) is 0. The third-order valence-electron chi connectivity index (χ3n) is 3.92. The maximum absolute atomic E-state index is 5.73. The number of hydrogen-bond acceptors (Lipinski definition) is 1. The van der Waals surface area contributed by atoms with Crippen LogP contribution in [0.5, 0.6) is 5.75 Å². The summed E-state index contributed by atoms with van der Waals surface area (Å²) in [7, 11) is 0. The molecule has 0 spiro atoms. The van der Waals surface area contributed by atoms with Crippen LogP contribution < -0.4 is 4.74 Å².